The molecule has 0 heterocycles. The zero-order valence-corrected chi connectivity index (χ0v) is 10.0. The van der Waals surface area contributed by atoms with E-state index in [4.69, 9.17) is 27.7 Å². The Kier molecular flexibility index (Phi) is 3.07. The highest BCUT2D eigenvalue weighted by molar-refractivity contribution is 5.14. The molecular formula is C16H26O2. The van der Waals surface area contributed by atoms with Crippen molar-refractivity contribution in [3.63, 3.8) is 0 Å². The van der Waals surface area contributed by atoms with Gasteiger partial charge in [-0.25, -0.2) is 0 Å². The summed E-state index contributed by atoms with van der Waals surface area (Å²) in [6.07, 6.45) is -9.82. The van der Waals surface area contributed by atoms with Crippen molar-refractivity contribution in [2.75, 3.05) is 19.7 Å². The van der Waals surface area contributed by atoms with Crippen molar-refractivity contribution < 1.29 is 27.7 Å². The van der Waals surface area contributed by atoms with Crippen LogP contribution in [0.2, 0.25) is 0 Å². The predicted octanol–water partition coefficient (Wildman–Crippen LogP) is 3.58. The third kappa shape index (κ3) is 8.26. The Morgan fingerprint density at radius 2 is 1.89 bits per heavy atom. The molecule has 0 aliphatic heterocycles. The standard InChI is InChI=1S/C16H26O2/c17-13-7-1-2-8-14-18-15-9-6-12-16-10-4-3-5-11-16/h3-5,10-11,17H,1-2,6-9,12-15H2/i3D,6D2,9D2,10D,11D,12D2,13D2,15D2. The van der Waals surface area contributed by atoms with Gasteiger partial charge in [0.15, 0.2) is 0 Å². The van der Waals surface area contributed by atoms with Gasteiger partial charge in [0.1, 0.15) is 0 Å². The molecule has 102 valence electrons. The maximum atomic E-state index is 9.00. The van der Waals surface area contributed by atoms with Crippen molar-refractivity contribution in [3.05, 3.63) is 35.8 Å². The van der Waals surface area contributed by atoms with E-state index >= 15 is 0 Å². The monoisotopic (exact) mass is 263 g/mol. The van der Waals surface area contributed by atoms with Crippen LogP contribution in [0.3, 0.4) is 0 Å². The fourth-order valence-electron chi connectivity index (χ4n) is 1.14. The second kappa shape index (κ2) is 11.2. The smallest absolute Gasteiger partial charge is 0.0626 e. The van der Waals surface area contributed by atoms with Gasteiger partial charge in [0.25, 0.3) is 0 Å². The van der Waals surface area contributed by atoms with Crippen LogP contribution in [0, 0.1) is 0 Å². The number of hydrogen-bond donors (Lipinski definition) is 1. The van der Waals surface area contributed by atoms with Gasteiger partial charge in [-0.3, -0.25) is 0 Å². The fourth-order valence-corrected chi connectivity index (χ4v) is 1.14. The lowest BCUT2D eigenvalue weighted by Gasteiger charge is -2.04. The van der Waals surface area contributed by atoms with Gasteiger partial charge in [0.2, 0.25) is 0 Å². The van der Waals surface area contributed by atoms with E-state index in [0.29, 0.717) is 6.42 Å². The Morgan fingerprint density at radius 1 is 1.11 bits per heavy atom. The molecule has 0 amide bonds. The van der Waals surface area contributed by atoms with Crippen LogP contribution in [0.5, 0.6) is 0 Å². The molecule has 0 unspecified atom stereocenters. The molecule has 18 heavy (non-hydrogen) atoms. The van der Waals surface area contributed by atoms with Crippen molar-refractivity contribution in [3.8, 4) is 0 Å². The summed E-state index contributed by atoms with van der Waals surface area (Å²) < 4.78 is 106. The summed E-state index contributed by atoms with van der Waals surface area (Å²) in [5.41, 5.74) is -0.800. The first kappa shape index (κ1) is 4.92. The average Bonchev–Trinajstić information content (AvgIpc) is 2.55. The van der Waals surface area contributed by atoms with Crippen molar-refractivity contribution in [1.82, 2.24) is 0 Å². The van der Waals surface area contributed by atoms with Gasteiger partial charge in [-0.05, 0) is 37.5 Å². The fraction of sp³-hybridized carbons (Fsp3) is 0.625. The van der Waals surface area contributed by atoms with Gasteiger partial charge in [-0.1, -0.05) is 43.1 Å². The van der Waals surface area contributed by atoms with Crippen LogP contribution >= 0.6 is 0 Å². The minimum absolute atomic E-state index is 0.147. The number of aliphatic hydroxyl groups is 1. The molecule has 2 heteroatoms. The SMILES string of the molecule is [2H]c1cc([2H])c(C([2H])([2H])C([2H])([2H])C([2H])([2H])C([2H])([2H])OCCCCCC([2H])([2H])O)c([2H])c1. The Bertz CT molecular complexity index is 735. The van der Waals surface area contributed by atoms with E-state index in [1.54, 1.807) is 0 Å². The molecule has 0 bridgehead atoms. The van der Waals surface area contributed by atoms with Gasteiger partial charge in [-0.15, -0.1) is 0 Å². The minimum Gasteiger partial charge on any atom is -0.396 e. The third-order valence-corrected chi connectivity index (χ3v) is 2.01. The van der Waals surface area contributed by atoms with Gasteiger partial charge < -0.3 is 9.84 Å². The van der Waals surface area contributed by atoms with Crippen molar-refractivity contribution in [2.24, 2.45) is 0 Å². The van der Waals surface area contributed by atoms with Crippen molar-refractivity contribution in [2.45, 2.75) is 44.8 Å². The van der Waals surface area contributed by atoms with Gasteiger partial charge in [-0.2, -0.15) is 0 Å². The number of unbranched alkanes of at least 4 members (excludes halogenated alkanes) is 2. The maximum absolute atomic E-state index is 9.00. The molecule has 1 aromatic rings. The van der Waals surface area contributed by atoms with E-state index in [1.807, 2.05) is 0 Å². The van der Waals surface area contributed by atoms with Crippen LogP contribution in [0.15, 0.2) is 30.3 Å². The summed E-state index contributed by atoms with van der Waals surface area (Å²) in [6.45, 7) is -5.98. The first-order valence-electron chi connectivity index (χ1n) is 12.2. The zero-order chi connectivity index (χ0) is 24.5. The summed E-state index contributed by atoms with van der Waals surface area (Å²) in [5.74, 6) is 0. The van der Waals surface area contributed by atoms with Crippen LogP contribution < -0.4 is 0 Å². The summed E-state index contributed by atoms with van der Waals surface area (Å²) in [4.78, 5) is 0. The Labute approximate surface area is 129 Å². The number of ether oxygens (including phenoxy) is 1. The maximum Gasteiger partial charge on any atom is 0.0626 e. The molecule has 0 radical (unpaired) electrons. The summed E-state index contributed by atoms with van der Waals surface area (Å²) in [6, 6.07) is 0.152. The van der Waals surface area contributed by atoms with Gasteiger partial charge in [0, 0.05) is 27.9 Å². The van der Waals surface area contributed by atoms with Crippen LogP contribution in [0.1, 0.15) is 61.8 Å². The van der Waals surface area contributed by atoms with Crippen molar-refractivity contribution in [1.29, 1.82) is 0 Å². The van der Waals surface area contributed by atoms with E-state index in [0.717, 1.165) is 12.1 Å². The highest BCUT2D eigenvalue weighted by Crippen LogP contribution is 2.05. The Balaban J connectivity index is 3.03. The molecule has 0 aliphatic rings. The molecule has 0 aliphatic carbocycles. The molecule has 0 aromatic heterocycles. The highest BCUT2D eigenvalue weighted by Gasteiger charge is 1.94. The molecular weight excluding hydrogens is 224 g/mol. The molecule has 0 saturated carbocycles. The van der Waals surface area contributed by atoms with Crippen LogP contribution in [-0.4, -0.2) is 24.8 Å². The Morgan fingerprint density at radius 3 is 2.67 bits per heavy atom. The number of hydrogen-bond acceptors (Lipinski definition) is 2. The first-order chi connectivity index (χ1) is 13.8. The molecule has 1 rings (SSSR count). The highest BCUT2D eigenvalue weighted by atomic mass is 16.5. The third-order valence-electron chi connectivity index (χ3n) is 2.01. The lowest BCUT2D eigenvalue weighted by atomic mass is 10.1. The minimum atomic E-state index is -3.58. The molecule has 1 aromatic carbocycles. The second-order valence-corrected chi connectivity index (χ2v) is 3.41. The van der Waals surface area contributed by atoms with E-state index < -0.39 is 49.9 Å². The van der Waals surface area contributed by atoms with E-state index in [2.05, 4.69) is 0 Å². The Hall–Kier alpha value is -0.860. The quantitative estimate of drug-likeness (QED) is 0.618. The largest absolute Gasteiger partial charge is 0.396 e. The van der Waals surface area contributed by atoms with E-state index in [1.165, 1.54) is 0 Å². The molecule has 0 saturated heterocycles. The van der Waals surface area contributed by atoms with Crippen LogP contribution in [0.4, 0.5) is 0 Å². The molecule has 2 nitrogen and oxygen atoms in total. The van der Waals surface area contributed by atoms with Gasteiger partial charge in [0.05, 0.1) is 9.60 Å². The van der Waals surface area contributed by atoms with Crippen LogP contribution in [-0.2, 0) is 11.1 Å². The van der Waals surface area contributed by atoms with Gasteiger partial charge >= 0.3 is 0 Å². The van der Waals surface area contributed by atoms with Crippen LogP contribution in [0.25, 0.3) is 0 Å². The lowest BCUT2D eigenvalue weighted by Crippen LogP contribution is -1.98. The molecule has 0 fully saturated rings. The normalized spacial score (nSPS) is 25.3. The number of benzene rings is 1. The number of rotatable bonds is 11. The molecule has 0 atom stereocenters. The van der Waals surface area contributed by atoms with E-state index in [9.17, 15) is 0 Å². The predicted molar refractivity (Wildman–Crippen MR) is 75.8 cm³/mol. The summed E-state index contributed by atoms with van der Waals surface area (Å²) in [7, 11) is 0. The zero-order valence-electron chi connectivity index (χ0n) is 23.0. The summed E-state index contributed by atoms with van der Waals surface area (Å²) in [5, 5.41) is 9.00. The first-order valence-corrected chi connectivity index (χ1v) is 5.72. The lowest BCUT2D eigenvalue weighted by molar-refractivity contribution is 0.126. The average molecular weight is 263 g/mol. The van der Waals surface area contributed by atoms with E-state index in [-0.39, 0.29) is 31.9 Å². The molecule has 0 spiro atoms. The second-order valence-electron chi connectivity index (χ2n) is 3.41. The van der Waals surface area contributed by atoms with Crippen molar-refractivity contribution >= 4 is 0 Å². The summed E-state index contributed by atoms with van der Waals surface area (Å²) >= 11 is 0. The molecule has 1 N–H and O–H groups in total. The topological polar surface area (TPSA) is 29.5 Å².